The summed E-state index contributed by atoms with van der Waals surface area (Å²) in [5.41, 5.74) is 0.195. The molecule has 1 aromatic heterocycles. The third kappa shape index (κ3) is 4.14. The van der Waals surface area contributed by atoms with E-state index in [4.69, 9.17) is 9.47 Å². The van der Waals surface area contributed by atoms with E-state index < -0.39 is 23.3 Å². The predicted octanol–water partition coefficient (Wildman–Crippen LogP) is 4.77. The van der Waals surface area contributed by atoms with E-state index in [2.05, 4.69) is 0 Å². The quantitative estimate of drug-likeness (QED) is 0.698. The number of benzene rings is 2. The van der Waals surface area contributed by atoms with E-state index in [0.717, 1.165) is 12.1 Å². The van der Waals surface area contributed by atoms with Crippen LogP contribution in [-0.2, 0) is 18.0 Å². The van der Waals surface area contributed by atoms with E-state index in [1.54, 1.807) is 45.0 Å². The summed E-state index contributed by atoms with van der Waals surface area (Å²) in [7, 11) is 0. The van der Waals surface area contributed by atoms with Crippen LogP contribution in [0, 0.1) is 11.6 Å². The van der Waals surface area contributed by atoms with Crippen LogP contribution in [0.4, 0.5) is 13.6 Å². The number of nitrogens with zero attached hydrogens (tertiary/aromatic N) is 1. The number of halogens is 2. The smallest absolute Gasteiger partial charge is 0.419 e. The van der Waals surface area contributed by atoms with Crippen LogP contribution in [0.1, 0.15) is 32.0 Å². The highest BCUT2D eigenvalue weighted by Gasteiger charge is 2.24. The van der Waals surface area contributed by atoms with Gasteiger partial charge < -0.3 is 14.6 Å². The Bertz CT molecular complexity index is 1020. The number of carbonyl (C=O) groups excluding carboxylic acids is 1. The summed E-state index contributed by atoms with van der Waals surface area (Å²) in [6.07, 6.45) is -0.657. The molecule has 0 saturated heterocycles. The highest BCUT2D eigenvalue weighted by atomic mass is 19.1. The van der Waals surface area contributed by atoms with Gasteiger partial charge in [-0.25, -0.2) is 18.1 Å². The molecule has 0 fully saturated rings. The Hall–Kier alpha value is -2.93. The average Bonchev–Trinajstić information content (AvgIpc) is 2.99. The van der Waals surface area contributed by atoms with Gasteiger partial charge >= 0.3 is 6.09 Å². The van der Waals surface area contributed by atoms with Crippen LogP contribution in [0.3, 0.4) is 0 Å². The maximum Gasteiger partial charge on any atom is 0.419 e. The van der Waals surface area contributed by atoms with E-state index in [-0.39, 0.29) is 18.8 Å². The summed E-state index contributed by atoms with van der Waals surface area (Å²) >= 11 is 0. The van der Waals surface area contributed by atoms with Crippen molar-refractivity contribution in [3.05, 3.63) is 65.4 Å². The van der Waals surface area contributed by atoms with E-state index >= 15 is 0 Å². The second-order valence-corrected chi connectivity index (χ2v) is 7.33. The van der Waals surface area contributed by atoms with Gasteiger partial charge in [0.2, 0.25) is 0 Å². The molecule has 0 saturated carbocycles. The number of carbonyl (C=O) groups is 1. The molecule has 0 unspecified atom stereocenters. The molecule has 1 heterocycles. The van der Waals surface area contributed by atoms with Gasteiger partial charge in [0, 0.05) is 17.0 Å². The molecule has 28 heavy (non-hydrogen) atoms. The van der Waals surface area contributed by atoms with Crippen LogP contribution in [0.15, 0.2) is 42.5 Å². The molecular formula is C21H21F2NO4. The number of fused-ring (bicyclic) bond motifs is 1. The third-order valence-corrected chi connectivity index (χ3v) is 4.00. The van der Waals surface area contributed by atoms with Crippen molar-refractivity contribution in [1.29, 1.82) is 0 Å². The first-order valence-corrected chi connectivity index (χ1v) is 8.74. The van der Waals surface area contributed by atoms with Crippen molar-refractivity contribution in [3.63, 3.8) is 0 Å². The van der Waals surface area contributed by atoms with Gasteiger partial charge in [0.1, 0.15) is 35.1 Å². The van der Waals surface area contributed by atoms with Crippen molar-refractivity contribution in [2.24, 2.45) is 0 Å². The van der Waals surface area contributed by atoms with Gasteiger partial charge in [-0.05, 0) is 45.0 Å². The average molecular weight is 389 g/mol. The third-order valence-electron chi connectivity index (χ3n) is 4.00. The Morgan fingerprint density at radius 3 is 2.54 bits per heavy atom. The number of aromatic nitrogens is 1. The predicted molar refractivity (Wildman–Crippen MR) is 100 cm³/mol. The van der Waals surface area contributed by atoms with Crippen molar-refractivity contribution in [3.8, 4) is 5.75 Å². The molecule has 3 rings (SSSR count). The van der Waals surface area contributed by atoms with E-state index in [0.29, 0.717) is 22.3 Å². The number of hydrogen-bond donors (Lipinski definition) is 1. The fourth-order valence-electron chi connectivity index (χ4n) is 2.83. The van der Waals surface area contributed by atoms with Crippen LogP contribution in [0.5, 0.6) is 5.75 Å². The molecule has 0 aliphatic rings. The second-order valence-electron chi connectivity index (χ2n) is 7.33. The summed E-state index contributed by atoms with van der Waals surface area (Å²) in [6.45, 7) is 4.69. The molecule has 0 aliphatic carbocycles. The van der Waals surface area contributed by atoms with E-state index in [9.17, 15) is 18.7 Å². The fourth-order valence-corrected chi connectivity index (χ4v) is 2.83. The lowest BCUT2D eigenvalue weighted by atomic mass is 10.2. The summed E-state index contributed by atoms with van der Waals surface area (Å²) < 4.78 is 39.4. The van der Waals surface area contributed by atoms with Gasteiger partial charge in [-0.1, -0.05) is 12.1 Å². The van der Waals surface area contributed by atoms with E-state index in [1.807, 2.05) is 0 Å². The van der Waals surface area contributed by atoms with Gasteiger partial charge in [-0.2, -0.15) is 0 Å². The minimum absolute atomic E-state index is 0.154. The molecule has 0 atom stereocenters. The zero-order valence-corrected chi connectivity index (χ0v) is 15.8. The number of para-hydroxylation sites is 1. The summed E-state index contributed by atoms with van der Waals surface area (Å²) in [4.78, 5) is 12.7. The molecule has 2 aromatic carbocycles. The summed E-state index contributed by atoms with van der Waals surface area (Å²) in [5, 5.41) is 10.3. The molecule has 0 bridgehead atoms. The molecule has 0 aliphatic heterocycles. The van der Waals surface area contributed by atoms with Crippen LogP contribution >= 0.6 is 0 Å². The van der Waals surface area contributed by atoms with Gasteiger partial charge in [-0.15, -0.1) is 0 Å². The summed E-state index contributed by atoms with van der Waals surface area (Å²) in [6, 6.07) is 10.0. The molecule has 5 nitrogen and oxygen atoms in total. The second kappa shape index (κ2) is 7.59. The molecule has 3 aromatic rings. The number of ether oxygens (including phenoxy) is 2. The molecule has 0 radical (unpaired) electrons. The number of aliphatic hydroxyl groups is 1. The lowest BCUT2D eigenvalue weighted by Gasteiger charge is -2.21. The number of rotatable bonds is 4. The van der Waals surface area contributed by atoms with Gasteiger partial charge in [-0.3, -0.25) is 0 Å². The SMILES string of the molecule is CC(C)(C)OC(=O)n1c(CO)cc2cccc(OCc3ccc(F)cc3F)c21. The van der Waals surface area contributed by atoms with Crippen LogP contribution in [0.25, 0.3) is 10.9 Å². The minimum atomic E-state index is -0.729. The standard InChI is InChI=1S/C21H21F2NO4/c1-21(2,3)28-20(26)24-16(11-25)9-13-5-4-6-18(19(13)24)27-12-14-7-8-15(22)10-17(14)23/h4-10,25H,11-12H2,1-3H3. The van der Waals surface area contributed by atoms with Crippen LogP contribution in [-0.4, -0.2) is 21.4 Å². The van der Waals surface area contributed by atoms with Gasteiger partial charge in [0.25, 0.3) is 0 Å². The zero-order chi connectivity index (χ0) is 20.5. The van der Waals surface area contributed by atoms with E-state index in [1.165, 1.54) is 10.6 Å². The molecular weight excluding hydrogens is 368 g/mol. The summed E-state index contributed by atoms with van der Waals surface area (Å²) in [5.74, 6) is -1.08. The molecule has 7 heteroatoms. The van der Waals surface area contributed by atoms with Crippen molar-refractivity contribution in [2.45, 2.75) is 39.6 Å². The Balaban J connectivity index is 2.01. The van der Waals surface area contributed by atoms with Crippen molar-refractivity contribution in [2.75, 3.05) is 0 Å². The van der Waals surface area contributed by atoms with Crippen molar-refractivity contribution >= 4 is 17.0 Å². The normalized spacial score (nSPS) is 11.6. The molecule has 148 valence electrons. The maximum atomic E-state index is 13.9. The number of hydrogen-bond acceptors (Lipinski definition) is 4. The Labute approximate surface area is 161 Å². The topological polar surface area (TPSA) is 60.7 Å². The monoisotopic (exact) mass is 389 g/mol. The number of aliphatic hydroxyl groups excluding tert-OH is 1. The highest BCUT2D eigenvalue weighted by molar-refractivity contribution is 5.94. The highest BCUT2D eigenvalue weighted by Crippen LogP contribution is 2.31. The zero-order valence-electron chi connectivity index (χ0n) is 15.8. The lowest BCUT2D eigenvalue weighted by molar-refractivity contribution is 0.0532. The first-order chi connectivity index (χ1) is 13.2. The Kier molecular flexibility index (Phi) is 5.38. The van der Waals surface area contributed by atoms with Crippen LogP contribution < -0.4 is 4.74 Å². The lowest BCUT2D eigenvalue weighted by Crippen LogP contribution is -2.28. The first-order valence-electron chi connectivity index (χ1n) is 8.74. The van der Waals surface area contributed by atoms with Crippen molar-refractivity contribution in [1.82, 2.24) is 4.57 Å². The van der Waals surface area contributed by atoms with Crippen molar-refractivity contribution < 1.29 is 28.2 Å². The minimum Gasteiger partial charge on any atom is -0.487 e. The Morgan fingerprint density at radius 1 is 1.14 bits per heavy atom. The largest absolute Gasteiger partial charge is 0.487 e. The molecule has 1 N–H and O–H groups in total. The molecule has 0 amide bonds. The fraction of sp³-hybridized carbons (Fsp3) is 0.286. The molecule has 0 spiro atoms. The van der Waals surface area contributed by atoms with Gasteiger partial charge in [0.15, 0.2) is 0 Å². The maximum absolute atomic E-state index is 13.9. The van der Waals surface area contributed by atoms with Crippen LogP contribution in [0.2, 0.25) is 0 Å². The first kappa shape index (κ1) is 19.8. The Morgan fingerprint density at radius 2 is 1.89 bits per heavy atom. The van der Waals surface area contributed by atoms with Gasteiger partial charge in [0.05, 0.1) is 12.3 Å².